The van der Waals surface area contributed by atoms with Gasteiger partial charge in [-0.3, -0.25) is 0 Å². The maximum atomic E-state index is 5.89. The Balaban J connectivity index is 2.63. The van der Waals surface area contributed by atoms with Gasteiger partial charge in [0.15, 0.2) is 5.58 Å². The van der Waals surface area contributed by atoms with Gasteiger partial charge < -0.3 is 10.2 Å². The van der Waals surface area contributed by atoms with Crippen LogP contribution in [-0.4, -0.2) is 4.98 Å². The zero-order valence-corrected chi connectivity index (χ0v) is 9.63. The normalized spacial score (nSPS) is 12.3. The van der Waals surface area contributed by atoms with Crippen molar-refractivity contribution in [1.82, 2.24) is 4.98 Å². The number of rotatable bonds is 1. The van der Waals surface area contributed by atoms with Crippen molar-refractivity contribution >= 4 is 27.0 Å². The van der Waals surface area contributed by atoms with Gasteiger partial charge in [-0.15, -0.1) is 0 Å². The molecule has 0 saturated heterocycles. The summed E-state index contributed by atoms with van der Waals surface area (Å²) in [4.78, 5) is 4.32. The summed E-state index contributed by atoms with van der Waals surface area (Å²) in [5.41, 5.74) is 6.95. The molecule has 0 unspecified atom stereocenters. The number of oxazole rings is 1. The number of benzene rings is 1. The minimum atomic E-state index is -0.536. The van der Waals surface area contributed by atoms with E-state index < -0.39 is 5.54 Å². The van der Waals surface area contributed by atoms with Crippen LogP contribution in [0.3, 0.4) is 0 Å². The predicted octanol–water partition coefficient (Wildman–Crippen LogP) is 2.78. The molecule has 2 N–H and O–H groups in total. The van der Waals surface area contributed by atoms with Gasteiger partial charge in [-0.2, -0.15) is 0 Å². The molecule has 74 valence electrons. The summed E-state index contributed by atoms with van der Waals surface area (Å²) in [5.74, 6) is 0.561. The van der Waals surface area contributed by atoms with Crippen molar-refractivity contribution in [3.05, 3.63) is 28.6 Å². The average Bonchev–Trinajstić information content (AvgIpc) is 2.45. The molecular formula is C10H11BrN2O. The van der Waals surface area contributed by atoms with Gasteiger partial charge in [0.1, 0.15) is 5.52 Å². The zero-order valence-electron chi connectivity index (χ0n) is 8.04. The Morgan fingerprint density at radius 1 is 1.43 bits per heavy atom. The second-order valence-electron chi connectivity index (χ2n) is 3.85. The molecule has 0 spiro atoms. The number of aromatic nitrogens is 1. The van der Waals surface area contributed by atoms with E-state index in [1.165, 1.54) is 0 Å². The number of hydrogen-bond donors (Lipinski definition) is 1. The Morgan fingerprint density at radius 3 is 2.79 bits per heavy atom. The van der Waals surface area contributed by atoms with E-state index in [1.807, 2.05) is 32.0 Å². The summed E-state index contributed by atoms with van der Waals surface area (Å²) in [6, 6.07) is 5.70. The molecule has 0 aliphatic rings. The summed E-state index contributed by atoms with van der Waals surface area (Å²) < 4.78 is 6.52. The highest BCUT2D eigenvalue weighted by Gasteiger charge is 2.21. The third kappa shape index (κ3) is 1.67. The SMILES string of the molecule is CC(C)(N)c1nc2cc(Br)ccc2o1. The van der Waals surface area contributed by atoms with Crippen molar-refractivity contribution in [2.75, 3.05) is 0 Å². The summed E-state index contributed by atoms with van der Waals surface area (Å²) in [6.45, 7) is 3.74. The van der Waals surface area contributed by atoms with Gasteiger partial charge in [-0.05, 0) is 32.0 Å². The monoisotopic (exact) mass is 254 g/mol. The molecule has 1 aromatic heterocycles. The third-order valence-electron chi connectivity index (χ3n) is 1.90. The van der Waals surface area contributed by atoms with Gasteiger partial charge in [0.05, 0.1) is 5.54 Å². The number of fused-ring (bicyclic) bond motifs is 1. The first-order valence-corrected chi connectivity index (χ1v) is 5.11. The van der Waals surface area contributed by atoms with E-state index in [9.17, 15) is 0 Å². The second-order valence-corrected chi connectivity index (χ2v) is 4.77. The topological polar surface area (TPSA) is 52.0 Å². The molecule has 0 radical (unpaired) electrons. The van der Waals surface area contributed by atoms with Crippen molar-refractivity contribution < 1.29 is 4.42 Å². The summed E-state index contributed by atoms with van der Waals surface area (Å²) in [6.07, 6.45) is 0. The minimum absolute atomic E-state index is 0.536. The fourth-order valence-corrected chi connectivity index (χ4v) is 1.53. The lowest BCUT2D eigenvalue weighted by Crippen LogP contribution is -2.28. The first kappa shape index (κ1) is 9.68. The molecule has 3 nitrogen and oxygen atoms in total. The Morgan fingerprint density at radius 2 is 2.14 bits per heavy atom. The van der Waals surface area contributed by atoms with Crippen molar-refractivity contribution in [3.63, 3.8) is 0 Å². The van der Waals surface area contributed by atoms with E-state index >= 15 is 0 Å². The molecule has 0 saturated carbocycles. The molecule has 1 heterocycles. The van der Waals surface area contributed by atoms with Crippen LogP contribution in [0, 0.1) is 0 Å². The minimum Gasteiger partial charge on any atom is -0.439 e. The standard InChI is InChI=1S/C10H11BrN2O/c1-10(2,12)9-13-7-5-6(11)3-4-8(7)14-9/h3-5H,12H2,1-2H3. The molecule has 0 bridgehead atoms. The van der Waals surface area contributed by atoms with E-state index in [2.05, 4.69) is 20.9 Å². The van der Waals surface area contributed by atoms with Gasteiger partial charge in [0.25, 0.3) is 0 Å². The van der Waals surface area contributed by atoms with Crippen molar-refractivity contribution in [2.45, 2.75) is 19.4 Å². The fraction of sp³-hybridized carbons (Fsp3) is 0.300. The second kappa shape index (κ2) is 3.07. The van der Waals surface area contributed by atoms with Crippen molar-refractivity contribution in [3.8, 4) is 0 Å². The average molecular weight is 255 g/mol. The van der Waals surface area contributed by atoms with E-state index in [0.717, 1.165) is 15.6 Å². The molecule has 0 aliphatic heterocycles. The highest BCUT2D eigenvalue weighted by atomic mass is 79.9. The molecule has 14 heavy (non-hydrogen) atoms. The number of halogens is 1. The van der Waals surface area contributed by atoms with E-state index in [1.54, 1.807) is 0 Å². The van der Waals surface area contributed by atoms with Gasteiger partial charge in [0, 0.05) is 4.47 Å². The molecule has 0 atom stereocenters. The molecular weight excluding hydrogens is 244 g/mol. The van der Waals surface area contributed by atoms with Crippen LogP contribution in [0.25, 0.3) is 11.1 Å². The van der Waals surface area contributed by atoms with Crippen LogP contribution in [0.2, 0.25) is 0 Å². The predicted molar refractivity (Wildman–Crippen MR) is 58.9 cm³/mol. The first-order valence-electron chi connectivity index (χ1n) is 4.32. The molecule has 0 aliphatic carbocycles. The maximum Gasteiger partial charge on any atom is 0.215 e. The van der Waals surface area contributed by atoms with E-state index in [-0.39, 0.29) is 0 Å². The lowest BCUT2D eigenvalue weighted by molar-refractivity contribution is 0.394. The quantitative estimate of drug-likeness (QED) is 0.852. The molecule has 4 heteroatoms. The van der Waals surface area contributed by atoms with Crippen LogP contribution in [0.5, 0.6) is 0 Å². The number of nitrogens with zero attached hydrogens (tertiary/aromatic N) is 1. The van der Waals surface area contributed by atoms with E-state index in [0.29, 0.717) is 5.89 Å². The highest BCUT2D eigenvalue weighted by molar-refractivity contribution is 9.10. The molecule has 0 fully saturated rings. The van der Waals surface area contributed by atoms with Crippen LogP contribution in [0.15, 0.2) is 27.1 Å². The highest BCUT2D eigenvalue weighted by Crippen LogP contribution is 2.24. The fourth-order valence-electron chi connectivity index (χ4n) is 1.18. The van der Waals surface area contributed by atoms with Gasteiger partial charge in [-0.25, -0.2) is 4.98 Å². The summed E-state index contributed by atoms with van der Waals surface area (Å²) >= 11 is 3.38. The maximum absolute atomic E-state index is 5.89. The lowest BCUT2D eigenvalue weighted by Gasteiger charge is -2.11. The first-order chi connectivity index (χ1) is 6.47. The van der Waals surface area contributed by atoms with E-state index in [4.69, 9.17) is 10.2 Å². The molecule has 0 amide bonds. The summed E-state index contributed by atoms with van der Waals surface area (Å²) in [7, 11) is 0. The molecule has 2 aromatic rings. The Bertz CT molecular complexity index is 470. The third-order valence-corrected chi connectivity index (χ3v) is 2.39. The Labute approximate surface area is 90.4 Å². The van der Waals surface area contributed by atoms with Crippen LogP contribution < -0.4 is 5.73 Å². The van der Waals surface area contributed by atoms with Crippen LogP contribution in [-0.2, 0) is 5.54 Å². The smallest absolute Gasteiger partial charge is 0.215 e. The number of nitrogens with two attached hydrogens (primary N) is 1. The van der Waals surface area contributed by atoms with Gasteiger partial charge >= 0.3 is 0 Å². The van der Waals surface area contributed by atoms with Gasteiger partial charge in [0.2, 0.25) is 5.89 Å². The molecule has 2 rings (SSSR count). The molecule has 1 aromatic carbocycles. The zero-order chi connectivity index (χ0) is 10.3. The van der Waals surface area contributed by atoms with Crippen LogP contribution in [0.1, 0.15) is 19.7 Å². The Kier molecular flexibility index (Phi) is 2.12. The summed E-state index contributed by atoms with van der Waals surface area (Å²) in [5, 5.41) is 0. The van der Waals surface area contributed by atoms with Crippen molar-refractivity contribution in [2.24, 2.45) is 5.73 Å². The van der Waals surface area contributed by atoms with Crippen LogP contribution >= 0.6 is 15.9 Å². The number of hydrogen-bond acceptors (Lipinski definition) is 3. The van der Waals surface area contributed by atoms with Gasteiger partial charge in [-0.1, -0.05) is 15.9 Å². The van der Waals surface area contributed by atoms with Crippen molar-refractivity contribution in [1.29, 1.82) is 0 Å². The largest absolute Gasteiger partial charge is 0.439 e. The van der Waals surface area contributed by atoms with Crippen LogP contribution in [0.4, 0.5) is 0 Å². The Hall–Kier alpha value is -0.870. The lowest BCUT2D eigenvalue weighted by atomic mass is 10.1.